The third-order valence-corrected chi connectivity index (χ3v) is 2.40. The Morgan fingerprint density at radius 1 is 1.06 bits per heavy atom. The van der Waals surface area contributed by atoms with Crippen LogP contribution in [-0.4, -0.2) is 18.7 Å². The molecule has 0 aliphatic heterocycles. The van der Waals surface area contributed by atoms with Gasteiger partial charge in [-0.1, -0.05) is 30.3 Å². The summed E-state index contributed by atoms with van der Waals surface area (Å²) in [6, 6.07) is 13.8. The molecule has 1 heterocycles. The number of benzene rings is 1. The standard InChI is InChI=1S/C14H15NO2/c1-3-17-14-13(16-2)10-9-12(15-14)11-7-5-4-6-8-11/h4-10H,3H2,1-2H3. The number of aromatic nitrogens is 1. The van der Waals surface area contributed by atoms with Gasteiger partial charge in [0.25, 0.3) is 5.88 Å². The second kappa shape index (κ2) is 5.34. The van der Waals surface area contributed by atoms with Gasteiger partial charge in [-0.25, -0.2) is 4.98 Å². The second-order valence-electron chi connectivity index (χ2n) is 3.50. The van der Waals surface area contributed by atoms with Crippen molar-refractivity contribution in [3.8, 4) is 22.9 Å². The van der Waals surface area contributed by atoms with Crippen LogP contribution in [0.1, 0.15) is 6.92 Å². The number of methoxy groups -OCH3 is 1. The van der Waals surface area contributed by atoms with E-state index in [0.29, 0.717) is 18.2 Å². The summed E-state index contributed by atoms with van der Waals surface area (Å²) >= 11 is 0. The lowest BCUT2D eigenvalue weighted by atomic mass is 10.1. The average Bonchev–Trinajstić information content (AvgIpc) is 2.40. The highest BCUT2D eigenvalue weighted by molar-refractivity contribution is 5.60. The van der Waals surface area contributed by atoms with Crippen LogP contribution >= 0.6 is 0 Å². The highest BCUT2D eigenvalue weighted by Crippen LogP contribution is 2.28. The van der Waals surface area contributed by atoms with Gasteiger partial charge in [-0.3, -0.25) is 0 Å². The molecule has 0 spiro atoms. The average molecular weight is 229 g/mol. The van der Waals surface area contributed by atoms with E-state index in [1.165, 1.54) is 0 Å². The maximum Gasteiger partial charge on any atom is 0.257 e. The first-order chi connectivity index (χ1) is 8.35. The fourth-order valence-corrected chi connectivity index (χ4v) is 1.59. The molecule has 0 aliphatic rings. The Morgan fingerprint density at radius 2 is 1.82 bits per heavy atom. The van der Waals surface area contributed by atoms with E-state index in [0.717, 1.165) is 11.3 Å². The van der Waals surface area contributed by atoms with Crippen molar-refractivity contribution in [3.63, 3.8) is 0 Å². The zero-order chi connectivity index (χ0) is 12.1. The Morgan fingerprint density at radius 3 is 2.47 bits per heavy atom. The Labute approximate surface area is 101 Å². The molecule has 2 aromatic rings. The third kappa shape index (κ3) is 2.56. The van der Waals surface area contributed by atoms with Crippen LogP contribution in [0.5, 0.6) is 11.6 Å². The zero-order valence-electron chi connectivity index (χ0n) is 10.0. The van der Waals surface area contributed by atoms with Gasteiger partial charge in [0.1, 0.15) is 0 Å². The van der Waals surface area contributed by atoms with Gasteiger partial charge in [0.2, 0.25) is 0 Å². The summed E-state index contributed by atoms with van der Waals surface area (Å²) in [4.78, 5) is 4.46. The number of ether oxygens (including phenoxy) is 2. The molecule has 0 amide bonds. The predicted molar refractivity (Wildman–Crippen MR) is 67.4 cm³/mol. The zero-order valence-corrected chi connectivity index (χ0v) is 10.0. The summed E-state index contributed by atoms with van der Waals surface area (Å²) in [6.45, 7) is 2.50. The minimum Gasteiger partial charge on any atom is -0.491 e. The molecule has 0 saturated carbocycles. The molecule has 3 heteroatoms. The Bertz CT molecular complexity index is 483. The van der Waals surface area contributed by atoms with Crippen LogP contribution in [-0.2, 0) is 0 Å². The van der Waals surface area contributed by atoms with Crippen molar-refractivity contribution < 1.29 is 9.47 Å². The van der Waals surface area contributed by atoms with Gasteiger partial charge in [-0.2, -0.15) is 0 Å². The first-order valence-corrected chi connectivity index (χ1v) is 5.58. The maximum atomic E-state index is 5.45. The number of rotatable bonds is 4. The fraction of sp³-hybridized carbons (Fsp3) is 0.214. The SMILES string of the molecule is CCOc1nc(-c2ccccc2)ccc1OC. The predicted octanol–water partition coefficient (Wildman–Crippen LogP) is 3.16. The molecule has 0 unspecified atom stereocenters. The molecule has 0 aliphatic carbocycles. The van der Waals surface area contributed by atoms with E-state index in [-0.39, 0.29) is 0 Å². The lowest BCUT2D eigenvalue weighted by Gasteiger charge is -2.09. The normalized spacial score (nSPS) is 10.0. The number of nitrogens with zero attached hydrogens (tertiary/aromatic N) is 1. The molecular weight excluding hydrogens is 214 g/mol. The van der Waals surface area contributed by atoms with Crippen molar-refractivity contribution >= 4 is 0 Å². The minimum atomic E-state index is 0.538. The van der Waals surface area contributed by atoms with Crippen LogP contribution in [0.4, 0.5) is 0 Å². The van der Waals surface area contributed by atoms with E-state index in [2.05, 4.69) is 4.98 Å². The minimum absolute atomic E-state index is 0.538. The van der Waals surface area contributed by atoms with Gasteiger partial charge in [0.05, 0.1) is 19.4 Å². The quantitative estimate of drug-likeness (QED) is 0.807. The van der Waals surface area contributed by atoms with Crippen molar-refractivity contribution in [2.45, 2.75) is 6.92 Å². The van der Waals surface area contributed by atoms with Gasteiger partial charge in [-0.15, -0.1) is 0 Å². The largest absolute Gasteiger partial charge is 0.491 e. The van der Waals surface area contributed by atoms with E-state index in [4.69, 9.17) is 9.47 Å². The van der Waals surface area contributed by atoms with E-state index >= 15 is 0 Å². The molecule has 2 rings (SSSR count). The molecule has 0 saturated heterocycles. The van der Waals surface area contributed by atoms with Gasteiger partial charge < -0.3 is 9.47 Å². The molecule has 0 N–H and O–H groups in total. The van der Waals surface area contributed by atoms with Crippen molar-refractivity contribution in [1.29, 1.82) is 0 Å². The first-order valence-electron chi connectivity index (χ1n) is 5.58. The van der Waals surface area contributed by atoms with Gasteiger partial charge in [0, 0.05) is 5.56 Å². The summed E-state index contributed by atoms with van der Waals surface area (Å²) in [5.74, 6) is 1.20. The monoisotopic (exact) mass is 229 g/mol. The van der Waals surface area contributed by atoms with Crippen LogP contribution in [0.15, 0.2) is 42.5 Å². The third-order valence-electron chi connectivity index (χ3n) is 2.40. The van der Waals surface area contributed by atoms with E-state index < -0.39 is 0 Å². The first kappa shape index (κ1) is 11.5. The summed E-state index contributed by atoms with van der Waals surface area (Å²) in [5.41, 5.74) is 1.95. The molecule has 0 bridgehead atoms. The van der Waals surface area contributed by atoms with Gasteiger partial charge >= 0.3 is 0 Å². The highest BCUT2D eigenvalue weighted by atomic mass is 16.5. The van der Waals surface area contributed by atoms with Crippen LogP contribution < -0.4 is 9.47 Å². The van der Waals surface area contributed by atoms with Crippen molar-refractivity contribution in [2.75, 3.05) is 13.7 Å². The van der Waals surface area contributed by atoms with E-state index in [1.54, 1.807) is 7.11 Å². The highest BCUT2D eigenvalue weighted by Gasteiger charge is 2.08. The Kier molecular flexibility index (Phi) is 3.60. The smallest absolute Gasteiger partial charge is 0.257 e. The van der Waals surface area contributed by atoms with Crippen molar-refractivity contribution in [1.82, 2.24) is 4.98 Å². The molecule has 3 nitrogen and oxygen atoms in total. The molecule has 17 heavy (non-hydrogen) atoms. The molecule has 1 aromatic heterocycles. The lowest BCUT2D eigenvalue weighted by Crippen LogP contribution is -1.98. The molecular formula is C14H15NO2. The fourth-order valence-electron chi connectivity index (χ4n) is 1.59. The van der Waals surface area contributed by atoms with Crippen LogP contribution in [0.25, 0.3) is 11.3 Å². The number of hydrogen-bond acceptors (Lipinski definition) is 3. The lowest BCUT2D eigenvalue weighted by molar-refractivity contribution is 0.299. The van der Waals surface area contributed by atoms with Crippen molar-refractivity contribution in [3.05, 3.63) is 42.5 Å². The van der Waals surface area contributed by atoms with Crippen LogP contribution in [0.3, 0.4) is 0 Å². The topological polar surface area (TPSA) is 31.4 Å². The summed E-state index contributed by atoms with van der Waals surface area (Å²) in [5, 5.41) is 0. The molecule has 0 radical (unpaired) electrons. The Hall–Kier alpha value is -2.03. The number of pyridine rings is 1. The molecule has 0 atom stereocenters. The second-order valence-corrected chi connectivity index (χ2v) is 3.50. The number of hydrogen-bond donors (Lipinski definition) is 0. The van der Waals surface area contributed by atoms with Gasteiger partial charge in [-0.05, 0) is 19.1 Å². The van der Waals surface area contributed by atoms with Gasteiger partial charge in [0.15, 0.2) is 5.75 Å². The van der Waals surface area contributed by atoms with Crippen LogP contribution in [0, 0.1) is 0 Å². The van der Waals surface area contributed by atoms with E-state index in [1.807, 2.05) is 49.4 Å². The maximum absolute atomic E-state index is 5.45. The van der Waals surface area contributed by atoms with Crippen molar-refractivity contribution in [2.24, 2.45) is 0 Å². The molecule has 1 aromatic carbocycles. The van der Waals surface area contributed by atoms with E-state index in [9.17, 15) is 0 Å². The molecule has 0 fully saturated rings. The Balaban J connectivity index is 2.40. The summed E-state index contributed by atoms with van der Waals surface area (Å²) < 4.78 is 10.7. The molecule has 88 valence electrons. The summed E-state index contributed by atoms with van der Waals surface area (Å²) in [6.07, 6.45) is 0. The summed E-state index contributed by atoms with van der Waals surface area (Å²) in [7, 11) is 1.61. The van der Waals surface area contributed by atoms with Crippen LogP contribution in [0.2, 0.25) is 0 Å².